The van der Waals surface area contributed by atoms with E-state index in [2.05, 4.69) is 5.32 Å². The van der Waals surface area contributed by atoms with Gasteiger partial charge in [0.1, 0.15) is 11.8 Å². The Hall–Kier alpha value is -2.77. The predicted molar refractivity (Wildman–Crippen MR) is 121 cm³/mol. The smallest absolute Gasteiger partial charge is 0.243 e. The lowest BCUT2D eigenvalue weighted by Gasteiger charge is -2.28. The number of sulfonamides is 1. The Morgan fingerprint density at radius 2 is 1.80 bits per heavy atom. The van der Waals surface area contributed by atoms with Crippen LogP contribution in [0.1, 0.15) is 12.5 Å². The topological polar surface area (TPSA) is 75.7 Å². The minimum absolute atomic E-state index is 0.257. The molecule has 158 valence electrons. The van der Waals surface area contributed by atoms with Gasteiger partial charge < -0.3 is 10.1 Å². The number of amides is 1. The number of benzene rings is 3. The number of hydrogen-bond donors (Lipinski definition) is 1. The van der Waals surface area contributed by atoms with E-state index < -0.39 is 22.0 Å². The van der Waals surface area contributed by atoms with E-state index >= 15 is 0 Å². The van der Waals surface area contributed by atoms with Crippen molar-refractivity contribution < 1.29 is 17.9 Å². The quantitative estimate of drug-likeness (QED) is 0.595. The number of fused-ring (bicyclic) bond motifs is 1. The fraction of sp³-hybridized carbons (Fsp3) is 0.227. The van der Waals surface area contributed by atoms with Crippen molar-refractivity contribution in [3.8, 4) is 5.75 Å². The molecule has 0 spiro atoms. The van der Waals surface area contributed by atoms with Crippen LogP contribution >= 0.6 is 11.6 Å². The Morgan fingerprint density at radius 1 is 1.10 bits per heavy atom. The number of carbonyl (C=O) groups excluding carboxylic acids is 1. The molecule has 0 saturated heterocycles. The van der Waals surface area contributed by atoms with Crippen LogP contribution in [0.4, 0.5) is 5.69 Å². The summed E-state index contributed by atoms with van der Waals surface area (Å²) in [6.07, 6.45) is 1.05. The number of nitrogens with zero attached hydrogens (tertiary/aromatic N) is 1. The molecule has 0 aliphatic rings. The summed E-state index contributed by atoms with van der Waals surface area (Å²) in [5.41, 5.74) is 1.21. The molecular weight excluding hydrogens is 424 g/mol. The Morgan fingerprint density at radius 3 is 2.43 bits per heavy atom. The van der Waals surface area contributed by atoms with Crippen LogP contribution < -0.4 is 14.4 Å². The molecule has 3 aromatic carbocycles. The molecule has 0 aromatic heterocycles. The maximum absolute atomic E-state index is 12.8. The molecule has 0 radical (unpaired) electrons. The number of halogens is 1. The second-order valence-corrected chi connectivity index (χ2v) is 9.22. The number of anilines is 1. The van der Waals surface area contributed by atoms with E-state index in [0.29, 0.717) is 5.75 Å². The fourth-order valence-corrected chi connectivity index (χ4v) is 4.71. The molecule has 1 atom stereocenters. The molecule has 0 aliphatic heterocycles. The van der Waals surface area contributed by atoms with Crippen LogP contribution in [-0.2, 0) is 21.4 Å². The summed E-state index contributed by atoms with van der Waals surface area (Å²) >= 11 is 6.15. The first-order chi connectivity index (χ1) is 14.2. The molecule has 1 N–H and O–H groups in total. The van der Waals surface area contributed by atoms with Crippen molar-refractivity contribution in [2.45, 2.75) is 19.5 Å². The molecule has 0 aliphatic carbocycles. The van der Waals surface area contributed by atoms with Crippen molar-refractivity contribution in [1.82, 2.24) is 5.32 Å². The highest BCUT2D eigenvalue weighted by atomic mass is 35.5. The number of nitrogens with one attached hydrogen (secondary N) is 1. The zero-order valence-electron chi connectivity index (χ0n) is 16.9. The number of carbonyl (C=O) groups is 1. The van der Waals surface area contributed by atoms with Gasteiger partial charge >= 0.3 is 0 Å². The predicted octanol–water partition coefficient (Wildman–Crippen LogP) is 3.97. The second-order valence-electron chi connectivity index (χ2n) is 6.95. The van der Waals surface area contributed by atoms with E-state index in [4.69, 9.17) is 16.3 Å². The number of methoxy groups -OCH3 is 1. The molecule has 3 aromatic rings. The standard InChI is InChI=1S/C22H23ClN2O4S/c1-15(25(30(3,27)28)19-10-11-21(29-2)20(23)13-19)22(26)24-14-16-8-9-17-6-4-5-7-18(17)12-16/h4-13,15H,14H2,1-3H3,(H,24,26)/t15-/m1/s1. The summed E-state index contributed by atoms with van der Waals surface area (Å²) in [6, 6.07) is 17.5. The molecular formula is C22H23ClN2O4S. The maximum atomic E-state index is 12.8. The summed E-state index contributed by atoms with van der Waals surface area (Å²) < 4.78 is 31.0. The molecule has 0 unspecified atom stereocenters. The third kappa shape index (κ3) is 4.86. The van der Waals surface area contributed by atoms with Crippen molar-refractivity contribution in [2.75, 3.05) is 17.7 Å². The van der Waals surface area contributed by atoms with Gasteiger partial charge in [0.15, 0.2) is 0 Å². The summed E-state index contributed by atoms with van der Waals surface area (Å²) in [5, 5.41) is 5.26. The first-order valence-electron chi connectivity index (χ1n) is 9.29. The highest BCUT2D eigenvalue weighted by molar-refractivity contribution is 7.92. The average molecular weight is 447 g/mol. The van der Waals surface area contributed by atoms with Crippen molar-refractivity contribution in [3.63, 3.8) is 0 Å². The molecule has 0 saturated carbocycles. The molecule has 0 bridgehead atoms. The van der Waals surface area contributed by atoms with Gasteiger partial charge in [0.05, 0.1) is 24.1 Å². The maximum Gasteiger partial charge on any atom is 0.243 e. The van der Waals surface area contributed by atoms with E-state index in [1.54, 1.807) is 12.1 Å². The summed E-state index contributed by atoms with van der Waals surface area (Å²) in [7, 11) is -2.27. The van der Waals surface area contributed by atoms with Crippen molar-refractivity contribution in [3.05, 3.63) is 71.2 Å². The van der Waals surface area contributed by atoms with Crippen molar-refractivity contribution in [1.29, 1.82) is 0 Å². The van der Waals surface area contributed by atoms with Crippen molar-refractivity contribution >= 4 is 44.0 Å². The van der Waals surface area contributed by atoms with Gasteiger partial charge in [0.2, 0.25) is 15.9 Å². The number of hydrogen-bond acceptors (Lipinski definition) is 4. The normalized spacial score (nSPS) is 12.4. The molecule has 3 rings (SSSR count). The van der Waals surface area contributed by atoms with Crippen LogP contribution in [0.3, 0.4) is 0 Å². The van der Waals surface area contributed by atoms with E-state index in [1.165, 1.54) is 20.1 Å². The molecule has 30 heavy (non-hydrogen) atoms. The molecule has 6 nitrogen and oxygen atoms in total. The van der Waals surface area contributed by atoms with Crippen LogP contribution in [0.5, 0.6) is 5.75 Å². The van der Waals surface area contributed by atoms with E-state index in [-0.39, 0.29) is 17.3 Å². The SMILES string of the molecule is COc1ccc(N([C@H](C)C(=O)NCc2ccc3ccccc3c2)S(C)(=O)=O)cc1Cl. The average Bonchev–Trinajstić information content (AvgIpc) is 2.71. The number of ether oxygens (including phenoxy) is 1. The van der Waals surface area contributed by atoms with Crippen LogP contribution in [0.15, 0.2) is 60.7 Å². The van der Waals surface area contributed by atoms with Crippen molar-refractivity contribution in [2.24, 2.45) is 0 Å². The lowest BCUT2D eigenvalue weighted by Crippen LogP contribution is -2.47. The number of rotatable bonds is 7. The largest absolute Gasteiger partial charge is 0.495 e. The van der Waals surface area contributed by atoms with Gasteiger partial charge in [-0.25, -0.2) is 8.42 Å². The molecule has 1 amide bonds. The van der Waals surface area contributed by atoms with Gasteiger partial charge in [-0.1, -0.05) is 48.0 Å². The van der Waals surface area contributed by atoms with Gasteiger partial charge in [-0.3, -0.25) is 9.10 Å². The van der Waals surface area contributed by atoms with Gasteiger partial charge in [-0.05, 0) is 47.5 Å². The lowest BCUT2D eigenvalue weighted by atomic mass is 10.1. The lowest BCUT2D eigenvalue weighted by molar-refractivity contribution is -0.122. The molecule has 0 fully saturated rings. The third-order valence-corrected chi connectivity index (χ3v) is 6.30. The fourth-order valence-electron chi connectivity index (χ4n) is 3.29. The first-order valence-corrected chi connectivity index (χ1v) is 11.5. The van der Waals surface area contributed by atoms with Crippen LogP contribution in [0.2, 0.25) is 5.02 Å². The highest BCUT2D eigenvalue weighted by Gasteiger charge is 2.29. The van der Waals surface area contributed by atoms with Gasteiger partial charge in [0, 0.05) is 6.54 Å². The van der Waals surface area contributed by atoms with Gasteiger partial charge in [-0.15, -0.1) is 0 Å². The third-order valence-electron chi connectivity index (χ3n) is 4.76. The minimum Gasteiger partial charge on any atom is -0.495 e. The first kappa shape index (κ1) is 21.9. The van der Waals surface area contributed by atoms with E-state index in [1.807, 2.05) is 42.5 Å². The molecule has 0 heterocycles. The second kappa shape index (κ2) is 8.93. The van der Waals surface area contributed by atoms with Gasteiger partial charge in [-0.2, -0.15) is 0 Å². The van der Waals surface area contributed by atoms with Crippen LogP contribution in [0, 0.1) is 0 Å². The van der Waals surface area contributed by atoms with E-state index in [9.17, 15) is 13.2 Å². The van der Waals surface area contributed by atoms with E-state index in [0.717, 1.165) is 26.9 Å². The monoisotopic (exact) mass is 446 g/mol. The summed E-state index contributed by atoms with van der Waals surface area (Å²) in [5.74, 6) is 0.00259. The zero-order chi connectivity index (χ0) is 21.9. The van der Waals surface area contributed by atoms with Crippen LogP contribution in [-0.4, -0.2) is 33.7 Å². The minimum atomic E-state index is -3.74. The summed E-state index contributed by atoms with van der Waals surface area (Å²) in [6.45, 7) is 1.82. The van der Waals surface area contributed by atoms with Crippen LogP contribution in [0.25, 0.3) is 10.8 Å². The Kier molecular flexibility index (Phi) is 6.53. The Labute approximate surface area is 181 Å². The Balaban J connectivity index is 1.79. The summed E-state index contributed by atoms with van der Waals surface area (Å²) in [4.78, 5) is 12.8. The Bertz CT molecular complexity index is 1180. The van der Waals surface area contributed by atoms with Gasteiger partial charge in [0.25, 0.3) is 0 Å². The molecule has 8 heteroatoms. The highest BCUT2D eigenvalue weighted by Crippen LogP contribution is 2.31. The zero-order valence-corrected chi connectivity index (χ0v) is 18.5.